The first-order valence-corrected chi connectivity index (χ1v) is 19.9. The predicted molar refractivity (Wildman–Crippen MR) is 247 cm³/mol. The minimum atomic E-state index is 0.891. The molecule has 0 atom stereocenters. The maximum atomic E-state index is 6.43. The third-order valence-electron chi connectivity index (χ3n) is 12.0. The molecule has 0 aliphatic carbocycles. The van der Waals surface area contributed by atoms with Crippen molar-refractivity contribution < 1.29 is 4.42 Å². The predicted octanol–water partition coefficient (Wildman–Crippen LogP) is 16.2. The molecule has 0 aliphatic heterocycles. The van der Waals surface area contributed by atoms with Crippen molar-refractivity contribution in [3.8, 4) is 22.3 Å². The highest BCUT2D eigenvalue weighted by Gasteiger charge is 2.20. The smallest absolute Gasteiger partial charge is 0.136 e. The molecule has 2 nitrogen and oxygen atoms in total. The van der Waals surface area contributed by atoms with Gasteiger partial charge >= 0.3 is 0 Å². The van der Waals surface area contributed by atoms with E-state index in [0.29, 0.717) is 0 Å². The fraction of sp³-hybridized carbons (Fsp3) is 0. The highest BCUT2D eigenvalue weighted by molar-refractivity contribution is 6.14. The molecule has 12 aromatic rings. The zero-order valence-electron chi connectivity index (χ0n) is 31.6. The van der Waals surface area contributed by atoms with Gasteiger partial charge in [-0.1, -0.05) is 152 Å². The quantitative estimate of drug-likeness (QED) is 0.164. The lowest BCUT2D eigenvalue weighted by molar-refractivity contribution is 0.669. The van der Waals surface area contributed by atoms with Gasteiger partial charge in [-0.25, -0.2) is 0 Å². The first kappa shape index (κ1) is 32.6. The van der Waals surface area contributed by atoms with Crippen LogP contribution in [0.3, 0.4) is 0 Å². The molecule has 0 aliphatic rings. The van der Waals surface area contributed by atoms with E-state index in [4.69, 9.17) is 4.42 Å². The second kappa shape index (κ2) is 12.9. The minimum Gasteiger partial charge on any atom is -0.456 e. The van der Waals surface area contributed by atoms with E-state index >= 15 is 0 Å². The largest absolute Gasteiger partial charge is 0.456 e. The van der Waals surface area contributed by atoms with Gasteiger partial charge in [-0.15, -0.1) is 0 Å². The Labute approximate surface area is 335 Å². The van der Waals surface area contributed by atoms with Gasteiger partial charge in [0.05, 0.1) is 5.69 Å². The Bertz CT molecular complexity index is 3580. The second-order valence-corrected chi connectivity index (χ2v) is 15.3. The molecule has 0 radical (unpaired) electrons. The minimum absolute atomic E-state index is 0.891. The molecule has 11 aromatic carbocycles. The summed E-state index contributed by atoms with van der Waals surface area (Å²) in [4.78, 5) is 2.41. The summed E-state index contributed by atoms with van der Waals surface area (Å²) in [5, 5.41) is 14.6. The van der Waals surface area contributed by atoms with Crippen LogP contribution >= 0.6 is 0 Å². The van der Waals surface area contributed by atoms with Gasteiger partial charge in [0.1, 0.15) is 11.2 Å². The Morgan fingerprint density at radius 1 is 0.276 bits per heavy atom. The van der Waals surface area contributed by atoms with Gasteiger partial charge in [-0.05, 0) is 131 Å². The fourth-order valence-electron chi connectivity index (χ4n) is 9.19. The van der Waals surface area contributed by atoms with E-state index in [1.165, 1.54) is 65.0 Å². The Kier molecular flexibility index (Phi) is 7.26. The first-order valence-electron chi connectivity index (χ1n) is 19.9. The molecule has 1 heterocycles. The van der Waals surface area contributed by atoms with E-state index in [1.54, 1.807) is 0 Å². The molecule has 0 saturated carbocycles. The van der Waals surface area contributed by atoms with E-state index in [0.717, 1.165) is 50.1 Å². The van der Waals surface area contributed by atoms with Gasteiger partial charge in [0, 0.05) is 27.7 Å². The van der Waals surface area contributed by atoms with Crippen molar-refractivity contribution in [2.24, 2.45) is 0 Å². The summed E-state index contributed by atoms with van der Waals surface area (Å²) in [7, 11) is 0. The molecule has 0 spiro atoms. The molecule has 58 heavy (non-hydrogen) atoms. The highest BCUT2D eigenvalue weighted by Crippen LogP contribution is 2.45. The summed E-state index contributed by atoms with van der Waals surface area (Å²) in [5.74, 6) is 0. The molecule has 0 fully saturated rings. The zero-order chi connectivity index (χ0) is 38.2. The highest BCUT2D eigenvalue weighted by atomic mass is 16.3. The molecule has 270 valence electrons. The normalized spacial score (nSPS) is 11.8. The zero-order valence-corrected chi connectivity index (χ0v) is 31.6. The summed E-state index contributed by atoms with van der Waals surface area (Å²) in [5.41, 5.74) is 9.78. The van der Waals surface area contributed by atoms with Gasteiger partial charge < -0.3 is 9.32 Å². The van der Waals surface area contributed by atoms with Gasteiger partial charge in [0.15, 0.2) is 0 Å². The summed E-state index contributed by atoms with van der Waals surface area (Å²) in [6, 6.07) is 77.2. The lowest BCUT2D eigenvalue weighted by Crippen LogP contribution is -2.11. The van der Waals surface area contributed by atoms with E-state index < -0.39 is 0 Å². The van der Waals surface area contributed by atoms with E-state index in [2.05, 4.69) is 217 Å². The number of furan rings is 1. The Balaban J connectivity index is 1.04. The fourth-order valence-corrected chi connectivity index (χ4v) is 9.19. The summed E-state index contributed by atoms with van der Waals surface area (Å²) in [6.45, 7) is 0. The molecule has 1 aromatic heterocycles. The van der Waals surface area contributed by atoms with Crippen LogP contribution in [-0.4, -0.2) is 0 Å². The van der Waals surface area contributed by atoms with E-state index in [1.807, 2.05) is 0 Å². The molecule has 0 saturated heterocycles. The van der Waals surface area contributed by atoms with Crippen LogP contribution in [0.4, 0.5) is 17.1 Å². The number of rotatable bonds is 5. The van der Waals surface area contributed by atoms with Crippen LogP contribution in [0.25, 0.3) is 98.1 Å². The SMILES string of the molecule is c1ccc(N(c2ccc(-c3cc4ccccc4c4ccccc34)cc2)c2ccc3c(ccc4ccccc43)c2)c(-c2ccc3oc4cc5ccccc5cc4c3c2)c1. The van der Waals surface area contributed by atoms with Crippen LogP contribution in [-0.2, 0) is 0 Å². The number of benzene rings is 11. The van der Waals surface area contributed by atoms with Crippen LogP contribution in [0.2, 0.25) is 0 Å². The third kappa shape index (κ3) is 5.19. The Morgan fingerprint density at radius 3 is 1.67 bits per heavy atom. The average molecular weight is 738 g/mol. The van der Waals surface area contributed by atoms with Gasteiger partial charge in [-0.2, -0.15) is 0 Å². The first-order chi connectivity index (χ1) is 28.7. The third-order valence-corrected chi connectivity index (χ3v) is 12.0. The molecule has 12 rings (SSSR count). The Morgan fingerprint density at radius 2 is 0.845 bits per heavy atom. The summed E-state index contributed by atoms with van der Waals surface area (Å²) < 4.78 is 6.43. The number of fused-ring (bicyclic) bond motifs is 10. The van der Waals surface area contributed by atoms with E-state index in [-0.39, 0.29) is 0 Å². The molecule has 0 unspecified atom stereocenters. The van der Waals surface area contributed by atoms with Gasteiger partial charge in [0.2, 0.25) is 0 Å². The molecular weight excluding hydrogens is 703 g/mol. The number of hydrogen-bond donors (Lipinski definition) is 0. The Hall–Kier alpha value is -7.68. The number of nitrogens with zero attached hydrogens (tertiary/aromatic N) is 1. The van der Waals surface area contributed by atoms with Crippen LogP contribution in [0.5, 0.6) is 0 Å². The van der Waals surface area contributed by atoms with Crippen molar-refractivity contribution >= 4 is 92.9 Å². The molecule has 0 N–H and O–H groups in total. The van der Waals surface area contributed by atoms with Gasteiger partial charge in [0.25, 0.3) is 0 Å². The maximum absolute atomic E-state index is 6.43. The lowest BCUT2D eigenvalue weighted by atomic mass is 9.93. The number of anilines is 3. The van der Waals surface area contributed by atoms with Crippen molar-refractivity contribution in [3.05, 3.63) is 212 Å². The van der Waals surface area contributed by atoms with Crippen LogP contribution in [0.15, 0.2) is 217 Å². The maximum Gasteiger partial charge on any atom is 0.136 e. The molecule has 0 bridgehead atoms. The van der Waals surface area contributed by atoms with Crippen molar-refractivity contribution in [1.82, 2.24) is 0 Å². The van der Waals surface area contributed by atoms with Crippen LogP contribution in [0.1, 0.15) is 0 Å². The van der Waals surface area contributed by atoms with Crippen LogP contribution in [0, 0.1) is 0 Å². The molecule has 2 heteroatoms. The van der Waals surface area contributed by atoms with Crippen molar-refractivity contribution in [1.29, 1.82) is 0 Å². The number of hydrogen-bond acceptors (Lipinski definition) is 2. The standard InChI is InChI=1S/C56H35NO/c1-2-13-39-35-56-53(32-38(39)12-1)52-34-42(25-30-55(52)58-56)48-17-9-10-20-54(48)57(44-28-29-47-41(31-44)22-21-36-11-3-5-15-45(36)47)43-26-23-37(24-27-43)51-33-40-14-4-6-16-46(40)49-18-7-8-19-50(49)51/h1-35H. The lowest BCUT2D eigenvalue weighted by Gasteiger charge is -2.28. The molecular formula is C56H35NO. The van der Waals surface area contributed by atoms with Crippen LogP contribution < -0.4 is 4.90 Å². The van der Waals surface area contributed by atoms with Crippen molar-refractivity contribution in [2.75, 3.05) is 4.90 Å². The topological polar surface area (TPSA) is 16.4 Å². The monoisotopic (exact) mass is 737 g/mol. The summed E-state index contributed by atoms with van der Waals surface area (Å²) in [6.07, 6.45) is 0. The number of para-hydroxylation sites is 1. The second-order valence-electron chi connectivity index (χ2n) is 15.3. The molecule has 0 amide bonds. The van der Waals surface area contributed by atoms with E-state index in [9.17, 15) is 0 Å². The van der Waals surface area contributed by atoms with Crippen molar-refractivity contribution in [3.63, 3.8) is 0 Å². The summed E-state index contributed by atoms with van der Waals surface area (Å²) >= 11 is 0. The van der Waals surface area contributed by atoms with Gasteiger partial charge in [-0.3, -0.25) is 0 Å². The average Bonchev–Trinajstić information content (AvgIpc) is 3.65. The van der Waals surface area contributed by atoms with Crippen molar-refractivity contribution in [2.45, 2.75) is 0 Å².